The highest BCUT2D eigenvalue weighted by atomic mass is 32.2. The van der Waals surface area contributed by atoms with E-state index in [4.69, 9.17) is 19.2 Å². The molecule has 0 saturated heterocycles. The molecule has 0 rings (SSSR count). The van der Waals surface area contributed by atoms with Gasteiger partial charge in [-0.2, -0.15) is 11.8 Å². The van der Waals surface area contributed by atoms with Gasteiger partial charge in [-0.05, 0) is 30.3 Å². The van der Waals surface area contributed by atoms with E-state index < -0.39 is 7.82 Å². The number of aliphatic hydroxyl groups is 1. The Morgan fingerprint density at radius 1 is 0.625 bits per heavy atom. The fourth-order valence-electron chi connectivity index (χ4n) is 3.72. The van der Waals surface area contributed by atoms with Crippen LogP contribution in [-0.2, 0) is 4.57 Å². The van der Waals surface area contributed by atoms with Crippen molar-refractivity contribution in [2.45, 2.75) is 136 Å². The number of hydrogen-bond donors (Lipinski definition) is 4. The summed E-state index contributed by atoms with van der Waals surface area (Å²) in [5, 5.41) is 9.38. The highest BCUT2D eigenvalue weighted by molar-refractivity contribution is 7.99. The van der Waals surface area contributed by atoms with Gasteiger partial charge in [0.05, 0.1) is 0 Å². The number of hydrogen-bond acceptors (Lipinski definition) is 3. The summed E-state index contributed by atoms with van der Waals surface area (Å²) in [7, 11) is -4.64. The van der Waals surface area contributed by atoms with Crippen LogP contribution in [0, 0.1) is 5.92 Å². The number of thioether (sulfide) groups is 1. The van der Waals surface area contributed by atoms with Crippen LogP contribution < -0.4 is 0 Å². The number of phosphoric acid groups is 1. The van der Waals surface area contributed by atoms with Gasteiger partial charge in [0.1, 0.15) is 0 Å². The lowest BCUT2D eigenvalue weighted by Gasteiger charge is -2.12. The molecule has 32 heavy (non-hydrogen) atoms. The Labute approximate surface area is 203 Å². The maximum Gasteiger partial charge on any atom is 0.466 e. The summed E-state index contributed by atoms with van der Waals surface area (Å²) in [5.74, 6) is 2.99. The molecule has 0 radical (unpaired) electrons. The van der Waals surface area contributed by atoms with Crippen LogP contribution in [0.3, 0.4) is 0 Å². The third-order valence-corrected chi connectivity index (χ3v) is 7.00. The van der Waals surface area contributed by atoms with Crippen LogP contribution in [0.25, 0.3) is 0 Å². The van der Waals surface area contributed by atoms with E-state index in [9.17, 15) is 5.11 Å². The van der Waals surface area contributed by atoms with E-state index in [1.807, 2.05) is 0 Å². The molecular weight excluding hydrogens is 443 g/mol. The Morgan fingerprint density at radius 3 is 1.31 bits per heavy atom. The predicted octanol–water partition coefficient (Wildman–Crippen LogP) is 7.85. The van der Waals surface area contributed by atoms with Crippen LogP contribution in [0.5, 0.6) is 0 Å². The minimum absolute atomic E-state index is 0.381. The van der Waals surface area contributed by atoms with E-state index in [1.165, 1.54) is 128 Å². The van der Waals surface area contributed by atoms with Crippen molar-refractivity contribution in [2.75, 3.05) is 18.1 Å². The molecule has 0 spiro atoms. The Balaban J connectivity index is 0. The SMILES string of the molecule is CCCCCCCCCCCCCCCCCCSCC(CO)CCCC.O=P(O)(O)O. The number of aliphatic hydroxyl groups excluding tert-OH is 1. The molecule has 0 aliphatic carbocycles. The maximum absolute atomic E-state index is 9.38. The molecule has 0 aromatic carbocycles. The van der Waals surface area contributed by atoms with Crippen molar-refractivity contribution < 1.29 is 24.4 Å². The van der Waals surface area contributed by atoms with E-state index >= 15 is 0 Å². The van der Waals surface area contributed by atoms with Crippen molar-refractivity contribution >= 4 is 19.6 Å². The van der Waals surface area contributed by atoms with Crippen molar-refractivity contribution in [3.63, 3.8) is 0 Å². The molecule has 5 nitrogen and oxygen atoms in total. The zero-order valence-corrected chi connectivity index (χ0v) is 22.9. The zero-order chi connectivity index (χ0) is 24.3. The van der Waals surface area contributed by atoms with Crippen LogP contribution in [0.4, 0.5) is 0 Å². The molecule has 0 aromatic heterocycles. The molecule has 1 atom stereocenters. The highest BCUT2D eigenvalue weighted by Gasteiger charge is 2.06. The van der Waals surface area contributed by atoms with E-state index in [0.717, 1.165) is 5.75 Å². The largest absolute Gasteiger partial charge is 0.466 e. The monoisotopic (exact) mass is 498 g/mol. The van der Waals surface area contributed by atoms with Gasteiger partial charge in [0.2, 0.25) is 0 Å². The van der Waals surface area contributed by atoms with Crippen molar-refractivity contribution in [3.8, 4) is 0 Å². The average Bonchev–Trinajstić information content (AvgIpc) is 2.73. The van der Waals surface area contributed by atoms with Gasteiger partial charge in [-0.1, -0.05) is 123 Å². The second-order valence-electron chi connectivity index (χ2n) is 9.08. The quantitative estimate of drug-likeness (QED) is 0.0845. The van der Waals surface area contributed by atoms with Gasteiger partial charge >= 0.3 is 7.82 Å². The lowest BCUT2D eigenvalue weighted by molar-refractivity contribution is 0.231. The molecule has 7 heteroatoms. The molecule has 4 N–H and O–H groups in total. The van der Waals surface area contributed by atoms with Crippen molar-refractivity contribution in [1.29, 1.82) is 0 Å². The topological polar surface area (TPSA) is 98.0 Å². The van der Waals surface area contributed by atoms with Crippen LogP contribution >= 0.6 is 19.6 Å². The lowest BCUT2D eigenvalue weighted by Crippen LogP contribution is -2.09. The van der Waals surface area contributed by atoms with Gasteiger partial charge in [-0.15, -0.1) is 0 Å². The van der Waals surface area contributed by atoms with Crippen LogP contribution in [0.2, 0.25) is 0 Å². The summed E-state index contributed by atoms with van der Waals surface area (Å²) in [6, 6.07) is 0. The number of unbranched alkanes of at least 4 members (excludes halogenated alkanes) is 16. The lowest BCUT2D eigenvalue weighted by atomic mass is 10.0. The Kier molecular flexibility index (Phi) is 29.9. The summed E-state index contributed by atoms with van der Waals surface area (Å²) >= 11 is 2.06. The molecule has 0 amide bonds. The van der Waals surface area contributed by atoms with Gasteiger partial charge < -0.3 is 19.8 Å². The van der Waals surface area contributed by atoms with Crippen molar-refractivity contribution in [2.24, 2.45) is 5.92 Å². The summed E-state index contributed by atoms with van der Waals surface area (Å²) in [6.45, 7) is 4.91. The normalized spacial score (nSPS) is 12.4. The summed E-state index contributed by atoms with van der Waals surface area (Å²) in [5.41, 5.74) is 0. The Hall–Kier alpha value is 0.420. The van der Waals surface area contributed by atoms with Gasteiger partial charge in [0, 0.05) is 6.61 Å². The third kappa shape index (κ3) is 37.7. The van der Waals surface area contributed by atoms with E-state index in [0.29, 0.717) is 12.5 Å². The van der Waals surface area contributed by atoms with Crippen LogP contribution in [0.1, 0.15) is 136 Å². The molecule has 0 saturated carbocycles. The molecule has 196 valence electrons. The second-order valence-corrected chi connectivity index (χ2v) is 11.3. The molecule has 0 bridgehead atoms. The van der Waals surface area contributed by atoms with E-state index in [2.05, 4.69) is 25.6 Å². The average molecular weight is 499 g/mol. The van der Waals surface area contributed by atoms with Crippen LogP contribution in [0.15, 0.2) is 0 Å². The molecule has 0 aromatic rings. The van der Waals surface area contributed by atoms with Gasteiger partial charge in [0.15, 0.2) is 0 Å². The van der Waals surface area contributed by atoms with Crippen molar-refractivity contribution in [1.82, 2.24) is 0 Å². The fraction of sp³-hybridized carbons (Fsp3) is 1.00. The zero-order valence-electron chi connectivity index (χ0n) is 21.2. The second kappa shape index (κ2) is 27.7. The predicted molar refractivity (Wildman–Crippen MR) is 141 cm³/mol. The summed E-state index contributed by atoms with van der Waals surface area (Å²) < 4.78 is 8.88. The fourth-order valence-corrected chi connectivity index (χ4v) is 4.90. The van der Waals surface area contributed by atoms with Gasteiger partial charge in [0.25, 0.3) is 0 Å². The molecule has 0 aliphatic heterocycles. The Morgan fingerprint density at radius 2 is 0.969 bits per heavy atom. The van der Waals surface area contributed by atoms with E-state index in [1.54, 1.807) is 0 Å². The first kappa shape index (κ1) is 34.6. The Bertz CT molecular complexity index is 384. The van der Waals surface area contributed by atoms with Gasteiger partial charge in [-0.3, -0.25) is 0 Å². The van der Waals surface area contributed by atoms with E-state index in [-0.39, 0.29) is 0 Å². The smallest absolute Gasteiger partial charge is 0.396 e. The molecule has 1 unspecified atom stereocenters. The first-order valence-electron chi connectivity index (χ1n) is 13.3. The summed E-state index contributed by atoms with van der Waals surface area (Å²) in [6.07, 6.45) is 26.8. The third-order valence-electron chi connectivity index (χ3n) is 5.72. The van der Waals surface area contributed by atoms with Crippen molar-refractivity contribution in [3.05, 3.63) is 0 Å². The maximum atomic E-state index is 9.38. The standard InChI is InChI=1S/C25H52OS.H3O4P/c1-3-5-7-8-9-10-11-12-13-14-15-16-17-18-19-20-22-27-24-25(23-26)21-6-4-2;1-5(2,3)4/h25-26H,3-24H2,1-2H3;(H3,1,2,3,4). The molecular formula is C25H55O5PS. The molecule has 0 fully saturated rings. The number of rotatable bonds is 23. The summed E-state index contributed by atoms with van der Waals surface area (Å²) in [4.78, 5) is 21.6. The minimum Gasteiger partial charge on any atom is -0.396 e. The first-order valence-corrected chi connectivity index (χ1v) is 16.0. The molecule has 0 heterocycles. The van der Waals surface area contributed by atoms with Crippen LogP contribution in [-0.4, -0.2) is 37.9 Å². The first-order chi connectivity index (χ1) is 15.3. The minimum atomic E-state index is -4.64. The van der Waals surface area contributed by atoms with Gasteiger partial charge in [-0.25, -0.2) is 4.57 Å². The molecule has 0 aliphatic rings. The highest BCUT2D eigenvalue weighted by Crippen LogP contribution is 2.25.